The monoisotopic (exact) mass is 272 g/mol. The van der Waals surface area contributed by atoms with E-state index in [4.69, 9.17) is 11.6 Å². The fourth-order valence-corrected chi connectivity index (χ4v) is 2.83. The molecule has 0 radical (unpaired) electrons. The van der Waals surface area contributed by atoms with Gasteiger partial charge in [0.25, 0.3) is 0 Å². The van der Waals surface area contributed by atoms with Crippen LogP contribution in [0, 0.1) is 0 Å². The second kappa shape index (κ2) is 6.77. The van der Waals surface area contributed by atoms with Crippen LogP contribution in [0.1, 0.15) is 37.3 Å². The lowest BCUT2D eigenvalue weighted by Crippen LogP contribution is -2.23. The third-order valence-corrected chi connectivity index (χ3v) is 4.15. The van der Waals surface area contributed by atoms with Crippen LogP contribution < -0.4 is 0 Å². The van der Waals surface area contributed by atoms with Crippen molar-refractivity contribution in [2.45, 2.75) is 31.6 Å². The number of rotatable bonds is 6. The van der Waals surface area contributed by atoms with Crippen molar-refractivity contribution in [3.05, 3.63) is 71.8 Å². The molecule has 0 saturated heterocycles. The van der Waals surface area contributed by atoms with E-state index in [1.54, 1.807) is 0 Å². The summed E-state index contributed by atoms with van der Waals surface area (Å²) in [5.74, 6) is 0.750. The van der Waals surface area contributed by atoms with E-state index < -0.39 is 0 Å². The molecule has 0 aliphatic heterocycles. The maximum Gasteiger partial charge on any atom is 0.0223 e. The van der Waals surface area contributed by atoms with E-state index in [-0.39, 0.29) is 5.41 Å². The minimum absolute atomic E-state index is 0.0780. The molecule has 0 aliphatic carbocycles. The maximum absolute atomic E-state index is 5.82. The van der Waals surface area contributed by atoms with E-state index >= 15 is 0 Å². The van der Waals surface area contributed by atoms with Crippen LogP contribution in [0.3, 0.4) is 0 Å². The molecule has 0 unspecified atom stereocenters. The molecular formula is C18H21Cl. The molecule has 0 spiro atoms. The molecular weight excluding hydrogens is 252 g/mol. The summed E-state index contributed by atoms with van der Waals surface area (Å²) >= 11 is 5.82. The molecule has 1 heteroatoms. The molecule has 0 N–H and O–H groups in total. The van der Waals surface area contributed by atoms with Crippen molar-refractivity contribution < 1.29 is 0 Å². The normalized spacial score (nSPS) is 11.5. The smallest absolute Gasteiger partial charge is 0.0223 e. The van der Waals surface area contributed by atoms with E-state index in [2.05, 4.69) is 67.6 Å². The number of hydrogen-bond donors (Lipinski definition) is 0. The molecule has 2 aromatic carbocycles. The van der Waals surface area contributed by atoms with Crippen LogP contribution in [0.25, 0.3) is 0 Å². The van der Waals surface area contributed by atoms with Gasteiger partial charge in [0, 0.05) is 11.3 Å². The molecule has 2 rings (SSSR count). The lowest BCUT2D eigenvalue weighted by atomic mass is 9.73. The Kier molecular flexibility index (Phi) is 5.04. The molecule has 0 amide bonds. The summed E-state index contributed by atoms with van der Waals surface area (Å²) < 4.78 is 0. The third-order valence-electron chi connectivity index (χ3n) is 3.88. The van der Waals surface area contributed by atoms with Gasteiger partial charge >= 0.3 is 0 Å². The first-order chi connectivity index (χ1) is 9.27. The average Bonchev–Trinajstić information content (AvgIpc) is 2.49. The van der Waals surface area contributed by atoms with Crippen LogP contribution in [0.15, 0.2) is 60.7 Å². The topological polar surface area (TPSA) is 0 Å². The minimum Gasteiger partial charge on any atom is -0.127 e. The zero-order valence-corrected chi connectivity index (χ0v) is 12.2. The summed E-state index contributed by atoms with van der Waals surface area (Å²) in [6, 6.07) is 21.6. The average molecular weight is 273 g/mol. The van der Waals surface area contributed by atoms with E-state index in [0.29, 0.717) is 0 Å². The van der Waals surface area contributed by atoms with Crippen molar-refractivity contribution in [1.29, 1.82) is 0 Å². The molecule has 0 heterocycles. The standard InChI is InChI=1S/C18H21Cl/c1-18(14-8-9-15-19,16-10-4-2-5-11-16)17-12-6-3-7-13-17/h2-7,10-13H,8-9,14-15H2,1H3. The van der Waals surface area contributed by atoms with Gasteiger partial charge in [0.05, 0.1) is 0 Å². The van der Waals surface area contributed by atoms with Gasteiger partial charge in [-0.25, -0.2) is 0 Å². The Bertz CT molecular complexity index is 436. The van der Waals surface area contributed by atoms with Crippen LogP contribution in [0.2, 0.25) is 0 Å². The quantitative estimate of drug-likeness (QED) is 0.488. The Balaban J connectivity index is 2.33. The van der Waals surface area contributed by atoms with Gasteiger partial charge in [-0.05, 0) is 24.0 Å². The van der Waals surface area contributed by atoms with Crippen molar-refractivity contribution in [2.75, 3.05) is 5.88 Å². The molecule has 0 bridgehead atoms. The summed E-state index contributed by atoms with van der Waals surface area (Å²) in [6.45, 7) is 2.34. The summed E-state index contributed by atoms with van der Waals surface area (Å²) in [5.41, 5.74) is 2.85. The Hall–Kier alpha value is -1.27. The van der Waals surface area contributed by atoms with Gasteiger partial charge in [0.2, 0.25) is 0 Å². The van der Waals surface area contributed by atoms with Gasteiger partial charge in [-0.2, -0.15) is 0 Å². The number of hydrogen-bond acceptors (Lipinski definition) is 0. The predicted molar refractivity (Wildman–Crippen MR) is 83.9 cm³/mol. The van der Waals surface area contributed by atoms with Gasteiger partial charge in [0.15, 0.2) is 0 Å². The molecule has 2 aromatic rings. The highest BCUT2D eigenvalue weighted by Gasteiger charge is 2.27. The van der Waals surface area contributed by atoms with E-state index in [1.807, 2.05) is 0 Å². The predicted octanol–water partition coefficient (Wildman–Crippen LogP) is 5.40. The SMILES string of the molecule is CC(CCCCCl)(c1ccccc1)c1ccccc1. The first-order valence-electron chi connectivity index (χ1n) is 6.94. The van der Waals surface area contributed by atoms with Crippen molar-refractivity contribution >= 4 is 11.6 Å². The van der Waals surface area contributed by atoms with Crippen LogP contribution in [-0.2, 0) is 5.41 Å². The van der Waals surface area contributed by atoms with Crippen LogP contribution in [-0.4, -0.2) is 5.88 Å². The fourth-order valence-electron chi connectivity index (χ4n) is 2.64. The van der Waals surface area contributed by atoms with Crippen molar-refractivity contribution in [3.8, 4) is 0 Å². The fraction of sp³-hybridized carbons (Fsp3) is 0.333. The molecule has 0 aliphatic rings. The Morgan fingerprint density at radius 3 is 1.68 bits per heavy atom. The largest absolute Gasteiger partial charge is 0.127 e. The zero-order valence-electron chi connectivity index (χ0n) is 11.5. The Morgan fingerprint density at radius 2 is 1.26 bits per heavy atom. The highest BCUT2D eigenvalue weighted by Crippen LogP contribution is 2.36. The lowest BCUT2D eigenvalue weighted by molar-refractivity contribution is 0.494. The molecule has 0 nitrogen and oxygen atoms in total. The van der Waals surface area contributed by atoms with Gasteiger partial charge in [-0.1, -0.05) is 74.0 Å². The molecule has 0 fully saturated rings. The number of alkyl halides is 1. The summed E-state index contributed by atoms with van der Waals surface area (Å²) in [4.78, 5) is 0. The van der Waals surface area contributed by atoms with Crippen molar-refractivity contribution in [3.63, 3.8) is 0 Å². The van der Waals surface area contributed by atoms with Crippen LogP contribution >= 0.6 is 11.6 Å². The number of halogens is 1. The molecule has 0 atom stereocenters. The highest BCUT2D eigenvalue weighted by molar-refractivity contribution is 6.17. The van der Waals surface area contributed by atoms with E-state index in [9.17, 15) is 0 Å². The first-order valence-corrected chi connectivity index (χ1v) is 7.48. The van der Waals surface area contributed by atoms with Gasteiger partial charge < -0.3 is 0 Å². The minimum atomic E-state index is 0.0780. The van der Waals surface area contributed by atoms with Gasteiger partial charge in [-0.15, -0.1) is 11.6 Å². The summed E-state index contributed by atoms with van der Waals surface area (Å²) in [7, 11) is 0. The number of unbranched alkanes of at least 4 members (excludes halogenated alkanes) is 1. The number of benzene rings is 2. The van der Waals surface area contributed by atoms with Gasteiger partial charge in [-0.3, -0.25) is 0 Å². The third kappa shape index (κ3) is 3.39. The Labute approximate surface area is 121 Å². The lowest BCUT2D eigenvalue weighted by Gasteiger charge is -2.31. The Morgan fingerprint density at radius 1 is 0.789 bits per heavy atom. The van der Waals surface area contributed by atoms with Crippen LogP contribution in [0.4, 0.5) is 0 Å². The van der Waals surface area contributed by atoms with E-state index in [0.717, 1.165) is 25.1 Å². The van der Waals surface area contributed by atoms with Gasteiger partial charge in [0.1, 0.15) is 0 Å². The molecule has 0 saturated carbocycles. The highest BCUT2D eigenvalue weighted by atomic mass is 35.5. The van der Waals surface area contributed by atoms with Crippen molar-refractivity contribution in [1.82, 2.24) is 0 Å². The molecule has 100 valence electrons. The molecule has 19 heavy (non-hydrogen) atoms. The second-order valence-corrected chi connectivity index (χ2v) is 5.59. The molecule has 0 aromatic heterocycles. The first kappa shape index (κ1) is 14.1. The second-order valence-electron chi connectivity index (χ2n) is 5.21. The summed E-state index contributed by atoms with van der Waals surface area (Å²) in [6.07, 6.45) is 3.37. The zero-order chi connectivity index (χ0) is 13.6. The van der Waals surface area contributed by atoms with Crippen LogP contribution in [0.5, 0.6) is 0 Å². The summed E-state index contributed by atoms with van der Waals surface area (Å²) in [5, 5.41) is 0. The van der Waals surface area contributed by atoms with Crippen molar-refractivity contribution in [2.24, 2.45) is 0 Å². The maximum atomic E-state index is 5.82. The van der Waals surface area contributed by atoms with E-state index in [1.165, 1.54) is 11.1 Å².